The molecule has 13 heavy (non-hydrogen) atoms. The van der Waals surface area contributed by atoms with Crippen LogP contribution in [0.3, 0.4) is 0 Å². The van der Waals surface area contributed by atoms with Gasteiger partial charge in [0.25, 0.3) is 0 Å². The van der Waals surface area contributed by atoms with E-state index in [9.17, 15) is 9.90 Å². The Kier molecular flexibility index (Phi) is 1.33. The number of aliphatic hydroxyl groups is 1. The van der Waals surface area contributed by atoms with E-state index in [0.29, 0.717) is 12.3 Å². The van der Waals surface area contributed by atoms with Crippen molar-refractivity contribution in [3.63, 3.8) is 0 Å². The molecule has 1 N–H and O–H groups in total. The minimum Gasteiger partial charge on any atom is -0.381 e. The first-order valence-corrected chi connectivity index (χ1v) is 5.45. The van der Waals surface area contributed by atoms with E-state index >= 15 is 0 Å². The predicted molar refractivity (Wildman–Crippen MR) is 48.2 cm³/mol. The molecule has 3 fully saturated rings. The van der Waals surface area contributed by atoms with Crippen LogP contribution in [0.15, 0.2) is 0 Å². The lowest BCUT2D eigenvalue weighted by Gasteiger charge is -2.34. The van der Waals surface area contributed by atoms with Crippen LogP contribution in [0.1, 0.15) is 44.9 Å². The van der Waals surface area contributed by atoms with E-state index in [0.717, 1.165) is 25.7 Å². The normalized spacial score (nSPS) is 53.9. The van der Waals surface area contributed by atoms with Gasteiger partial charge in [-0.3, -0.25) is 4.79 Å². The molecule has 3 aliphatic rings. The zero-order valence-electron chi connectivity index (χ0n) is 7.88. The van der Waals surface area contributed by atoms with Crippen LogP contribution in [-0.4, -0.2) is 16.5 Å². The molecule has 0 bridgehead atoms. The van der Waals surface area contributed by atoms with Gasteiger partial charge in [-0.25, -0.2) is 0 Å². The van der Waals surface area contributed by atoms with Gasteiger partial charge in [0.1, 0.15) is 5.60 Å². The SMILES string of the molecule is O=C1CC[C@]23CCC[C@H]2CC[C@]13O. The van der Waals surface area contributed by atoms with Gasteiger partial charge in [-0.2, -0.15) is 0 Å². The molecule has 0 aromatic heterocycles. The molecular formula is C11H16O2. The van der Waals surface area contributed by atoms with E-state index in [1.54, 1.807) is 0 Å². The summed E-state index contributed by atoms with van der Waals surface area (Å²) in [6.07, 6.45) is 6.99. The smallest absolute Gasteiger partial charge is 0.164 e. The van der Waals surface area contributed by atoms with Gasteiger partial charge in [0, 0.05) is 11.8 Å². The fraction of sp³-hybridized carbons (Fsp3) is 0.909. The van der Waals surface area contributed by atoms with Crippen molar-refractivity contribution < 1.29 is 9.90 Å². The van der Waals surface area contributed by atoms with Crippen LogP contribution in [0.5, 0.6) is 0 Å². The molecule has 3 aliphatic carbocycles. The number of ketones is 1. The van der Waals surface area contributed by atoms with E-state index in [4.69, 9.17) is 0 Å². The number of hydrogen-bond donors (Lipinski definition) is 1. The van der Waals surface area contributed by atoms with E-state index < -0.39 is 5.60 Å². The number of carbonyl (C=O) groups is 1. The van der Waals surface area contributed by atoms with Gasteiger partial charge in [0.2, 0.25) is 0 Å². The second kappa shape index (κ2) is 2.17. The van der Waals surface area contributed by atoms with Crippen LogP contribution in [0.2, 0.25) is 0 Å². The Bertz CT molecular complexity index is 273. The summed E-state index contributed by atoms with van der Waals surface area (Å²) in [5.74, 6) is 0.792. The largest absolute Gasteiger partial charge is 0.381 e. The van der Waals surface area contributed by atoms with Crippen LogP contribution in [-0.2, 0) is 4.79 Å². The number of carbonyl (C=O) groups excluding carboxylic acids is 1. The Morgan fingerprint density at radius 3 is 2.92 bits per heavy atom. The Labute approximate surface area is 78.3 Å². The lowest BCUT2D eigenvalue weighted by molar-refractivity contribution is -0.141. The van der Waals surface area contributed by atoms with Crippen LogP contribution < -0.4 is 0 Å². The molecule has 72 valence electrons. The van der Waals surface area contributed by atoms with Gasteiger partial charge >= 0.3 is 0 Å². The Morgan fingerprint density at radius 2 is 2.08 bits per heavy atom. The van der Waals surface area contributed by atoms with Crippen molar-refractivity contribution in [2.45, 2.75) is 50.5 Å². The lowest BCUT2D eigenvalue weighted by Crippen LogP contribution is -2.44. The van der Waals surface area contributed by atoms with E-state index in [-0.39, 0.29) is 11.2 Å². The van der Waals surface area contributed by atoms with Gasteiger partial charge in [-0.05, 0) is 38.0 Å². The van der Waals surface area contributed by atoms with Crippen LogP contribution >= 0.6 is 0 Å². The summed E-state index contributed by atoms with van der Waals surface area (Å²) in [7, 11) is 0. The predicted octanol–water partition coefficient (Wildman–Crippen LogP) is 1.66. The minimum absolute atomic E-state index is 0.0318. The van der Waals surface area contributed by atoms with Crippen molar-refractivity contribution in [1.82, 2.24) is 0 Å². The van der Waals surface area contributed by atoms with Crippen LogP contribution in [0.4, 0.5) is 0 Å². The second-order valence-corrected chi connectivity index (χ2v) is 5.07. The van der Waals surface area contributed by atoms with Crippen molar-refractivity contribution in [3.05, 3.63) is 0 Å². The van der Waals surface area contributed by atoms with Gasteiger partial charge < -0.3 is 5.11 Å². The molecule has 2 nitrogen and oxygen atoms in total. The van der Waals surface area contributed by atoms with Gasteiger partial charge in [-0.15, -0.1) is 0 Å². The van der Waals surface area contributed by atoms with Crippen molar-refractivity contribution >= 4 is 5.78 Å². The van der Waals surface area contributed by atoms with E-state index in [1.807, 2.05) is 0 Å². The standard InChI is InChI=1S/C11H16O2/c12-9-4-6-10-5-1-2-8(10)3-7-11(9,10)13/h8,13H,1-7H2/t8-,10+,11-/m0/s1. The Morgan fingerprint density at radius 1 is 1.23 bits per heavy atom. The Balaban J connectivity index is 2.10. The van der Waals surface area contributed by atoms with E-state index in [2.05, 4.69) is 0 Å². The fourth-order valence-corrected chi connectivity index (χ4v) is 4.24. The highest BCUT2D eigenvalue weighted by molar-refractivity contribution is 5.91. The van der Waals surface area contributed by atoms with Crippen LogP contribution in [0.25, 0.3) is 0 Å². The van der Waals surface area contributed by atoms with Crippen LogP contribution in [0, 0.1) is 11.3 Å². The van der Waals surface area contributed by atoms with Gasteiger partial charge in [0.05, 0.1) is 0 Å². The van der Waals surface area contributed by atoms with E-state index in [1.165, 1.54) is 12.8 Å². The van der Waals surface area contributed by atoms with Gasteiger partial charge in [0.15, 0.2) is 5.78 Å². The first-order chi connectivity index (χ1) is 6.19. The summed E-state index contributed by atoms with van der Waals surface area (Å²) in [4.78, 5) is 11.7. The average molecular weight is 180 g/mol. The lowest BCUT2D eigenvalue weighted by atomic mass is 9.73. The third-order valence-electron chi connectivity index (χ3n) is 4.89. The summed E-state index contributed by atoms with van der Waals surface area (Å²) >= 11 is 0. The van der Waals surface area contributed by atoms with Crippen molar-refractivity contribution in [1.29, 1.82) is 0 Å². The summed E-state index contributed by atoms with van der Waals surface area (Å²) in [6.45, 7) is 0. The maximum atomic E-state index is 11.7. The zero-order valence-corrected chi connectivity index (χ0v) is 7.88. The third-order valence-corrected chi connectivity index (χ3v) is 4.89. The minimum atomic E-state index is -0.895. The molecule has 3 saturated carbocycles. The monoisotopic (exact) mass is 180 g/mol. The number of Topliss-reactive ketones (excluding diaryl/α,β-unsaturated/α-hetero) is 1. The molecular weight excluding hydrogens is 164 g/mol. The van der Waals surface area contributed by atoms with Crippen molar-refractivity contribution in [2.24, 2.45) is 11.3 Å². The Hall–Kier alpha value is -0.370. The quantitative estimate of drug-likeness (QED) is 0.615. The highest BCUT2D eigenvalue weighted by Crippen LogP contribution is 2.65. The topological polar surface area (TPSA) is 37.3 Å². The molecule has 2 heteroatoms. The maximum Gasteiger partial charge on any atom is 0.164 e. The number of hydrogen-bond acceptors (Lipinski definition) is 2. The molecule has 0 unspecified atom stereocenters. The molecule has 0 saturated heterocycles. The molecule has 0 radical (unpaired) electrons. The fourth-order valence-electron chi connectivity index (χ4n) is 4.24. The third kappa shape index (κ3) is 0.687. The molecule has 0 amide bonds. The molecule has 0 aromatic rings. The zero-order chi connectivity index (χ0) is 9.10. The van der Waals surface area contributed by atoms with Crippen molar-refractivity contribution in [2.75, 3.05) is 0 Å². The van der Waals surface area contributed by atoms with Gasteiger partial charge in [-0.1, -0.05) is 6.42 Å². The highest BCUT2D eigenvalue weighted by atomic mass is 16.3. The summed E-state index contributed by atoms with van der Waals surface area (Å²) < 4.78 is 0. The van der Waals surface area contributed by atoms with Crippen molar-refractivity contribution in [3.8, 4) is 0 Å². The highest BCUT2D eigenvalue weighted by Gasteiger charge is 2.67. The molecule has 0 aromatic carbocycles. The molecule has 3 rings (SSSR count). The molecule has 1 spiro atoms. The number of rotatable bonds is 0. The first-order valence-electron chi connectivity index (χ1n) is 5.45. The maximum absolute atomic E-state index is 11.7. The summed E-state index contributed by atoms with van der Waals surface area (Å²) in [5, 5.41) is 10.4. The summed E-state index contributed by atoms with van der Waals surface area (Å²) in [6, 6.07) is 0. The second-order valence-electron chi connectivity index (χ2n) is 5.07. The molecule has 3 atom stereocenters. The molecule has 0 heterocycles. The average Bonchev–Trinajstić information content (AvgIpc) is 2.68. The molecule has 0 aliphatic heterocycles. The summed E-state index contributed by atoms with van der Waals surface area (Å²) in [5.41, 5.74) is -0.863. The first kappa shape index (κ1) is 7.98.